The Morgan fingerprint density at radius 3 is 2.60 bits per heavy atom. The molecule has 0 aliphatic carbocycles. The molecule has 0 radical (unpaired) electrons. The van der Waals surface area contributed by atoms with E-state index in [0.29, 0.717) is 10.6 Å². The molecule has 3 nitrogen and oxygen atoms in total. The van der Waals surface area contributed by atoms with Gasteiger partial charge < -0.3 is 9.72 Å². The lowest BCUT2D eigenvalue weighted by molar-refractivity contribution is 0.412. The molecule has 0 atom stereocenters. The second kappa shape index (κ2) is 6.06. The van der Waals surface area contributed by atoms with Gasteiger partial charge in [0.15, 0.2) is 0 Å². The summed E-state index contributed by atoms with van der Waals surface area (Å²) in [5.41, 5.74) is 3.14. The molecular formula is C15H17BrN2OS. The number of hydrogen-bond acceptors (Lipinski definition) is 3. The number of methoxy groups -OCH3 is 1. The number of aryl methyl sites for hydroxylation is 1. The van der Waals surface area contributed by atoms with E-state index in [1.165, 1.54) is 0 Å². The van der Waals surface area contributed by atoms with Gasteiger partial charge in [-0.15, -0.1) is 0 Å². The maximum atomic E-state index is 5.33. The van der Waals surface area contributed by atoms with Crippen LogP contribution in [0.2, 0.25) is 0 Å². The standard InChI is InChI=1S/C15H17BrN2OS/c1-8(2)13-12(16)15(20)18-14(17-13)10-5-6-11(19-4)9(3)7-10/h5-8H,1-4H3,(H,17,18,20). The van der Waals surface area contributed by atoms with Crippen LogP contribution in [0.25, 0.3) is 11.4 Å². The molecule has 1 heterocycles. The third-order valence-corrected chi connectivity index (χ3v) is 4.50. The molecule has 0 saturated heterocycles. The zero-order chi connectivity index (χ0) is 14.9. The summed E-state index contributed by atoms with van der Waals surface area (Å²) < 4.78 is 6.73. The molecule has 2 rings (SSSR count). The molecule has 1 aromatic heterocycles. The quantitative estimate of drug-likeness (QED) is 0.789. The van der Waals surface area contributed by atoms with Crippen molar-refractivity contribution in [1.29, 1.82) is 0 Å². The SMILES string of the molecule is COc1ccc(-c2nc(=S)c(Br)c(C(C)C)[nH]2)cc1C. The van der Waals surface area contributed by atoms with E-state index < -0.39 is 0 Å². The van der Waals surface area contributed by atoms with E-state index in [1.54, 1.807) is 7.11 Å². The second-order valence-corrected chi connectivity index (χ2v) is 6.14. The van der Waals surface area contributed by atoms with Crippen molar-refractivity contribution in [1.82, 2.24) is 9.97 Å². The molecule has 0 saturated carbocycles. The summed E-state index contributed by atoms with van der Waals surface area (Å²) >= 11 is 8.83. The first kappa shape index (κ1) is 15.2. The third-order valence-electron chi connectivity index (χ3n) is 3.14. The molecule has 0 amide bonds. The van der Waals surface area contributed by atoms with Crippen molar-refractivity contribution in [2.75, 3.05) is 7.11 Å². The minimum Gasteiger partial charge on any atom is -0.496 e. The van der Waals surface area contributed by atoms with Gasteiger partial charge in [0.25, 0.3) is 0 Å². The molecule has 106 valence electrons. The Labute approximate surface area is 132 Å². The van der Waals surface area contributed by atoms with Crippen molar-refractivity contribution in [3.8, 4) is 17.1 Å². The van der Waals surface area contributed by atoms with E-state index in [2.05, 4.69) is 39.7 Å². The number of nitrogens with zero attached hydrogens (tertiary/aromatic N) is 1. The fraction of sp³-hybridized carbons (Fsp3) is 0.333. The molecule has 20 heavy (non-hydrogen) atoms. The van der Waals surface area contributed by atoms with Gasteiger partial charge >= 0.3 is 0 Å². The van der Waals surface area contributed by atoms with E-state index in [1.807, 2.05) is 25.1 Å². The van der Waals surface area contributed by atoms with Crippen LogP contribution in [-0.2, 0) is 0 Å². The summed E-state index contributed by atoms with van der Waals surface area (Å²) in [5.74, 6) is 1.99. The number of H-pyrrole nitrogens is 1. The molecule has 0 unspecified atom stereocenters. The summed E-state index contributed by atoms with van der Waals surface area (Å²) in [4.78, 5) is 7.82. The second-order valence-electron chi connectivity index (χ2n) is 4.96. The number of halogens is 1. The van der Waals surface area contributed by atoms with Crippen LogP contribution in [0.5, 0.6) is 5.75 Å². The average Bonchev–Trinajstić information content (AvgIpc) is 2.41. The van der Waals surface area contributed by atoms with Crippen molar-refractivity contribution in [3.05, 3.63) is 38.6 Å². The van der Waals surface area contributed by atoms with Crippen LogP contribution < -0.4 is 4.74 Å². The van der Waals surface area contributed by atoms with Gasteiger partial charge in [-0.05, 0) is 52.5 Å². The Hall–Kier alpha value is -1.20. The molecule has 0 spiro atoms. The van der Waals surface area contributed by atoms with Crippen molar-refractivity contribution in [2.45, 2.75) is 26.7 Å². The first-order valence-corrected chi connectivity index (χ1v) is 7.59. The van der Waals surface area contributed by atoms with Gasteiger partial charge in [0.05, 0.1) is 11.6 Å². The number of aromatic amines is 1. The predicted octanol–water partition coefficient (Wildman–Crippen LogP) is 5.01. The van der Waals surface area contributed by atoms with Crippen molar-refractivity contribution < 1.29 is 4.74 Å². The van der Waals surface area contributed by atoms with E-state index in [0.717, 1.165) is 32.9 Å². The number of rotatable bonds is 3. The topological polar surface area (TPSA) is 37.9 Å². The smallest absolute Gasteiger partial charge is 0.144 e. The minimum absolute atomic E-state index is 0.340. The van der Waals surface area contributed by atoms with Gasteiger partial charge in [-0.25, -0.2) is 4.98 Å². The van der Waals surface area contributed by atoms with E-state index in [4.69, 9.17) is 17.0 Å². The number of hydrogen-bond donors (Lipinski definition) is 1. The van der Waals surface area contributed by atoms with Crippen LogP contribution in [0.15, 0.2) is 22.7 Å². The third kappa shape index (κ3) is 2.94. The molecule has 1 N–H and O–H groups in total. The van der Waals surface area contributed by atoms with Crippen LogP contribution >= 0.6 is 28.1 Å². The molecule has 1 aromatic carbocycles. The highest BCUT2D eigenvalue weighted by Gasteiger charge is 2.11. The van der Waals surface area contributed by atoms with Crippen LogP contribution in [0.3, 0.4) is 0 Å². The summed E-state index contributed by atoms with van der Waals surface area (Å²) in [6, 6.07) is 5.97. The maximum Gasteiger partial charge on any atom is 0.144 e. The van der Waals surface area contributed by atoms with Gasteiger partial charge in [0, 0.05) is 11.3 Å². The molecule has 0 aliphatic heterocycles. The molecule has 0 fully saturated rings. The largest absolute Gasteiger partial charge is 0.496 e. The van der Waals surface area contributed by atoms with Gasteiger partial charge in [0.1, 0.15) is 16.2 Å². The predicted molar refractivity (Wildman–Crippen MR) is 87.9 cm³/mol. The summed E-state index contributed by atoms with van der Waals surface area (Å²) in [7, 11) is 1.67. The van der Waals surface area contributed by atoms with Crippen molar-refractivity contribution in [2.24, 2.45) is 0 Å². The number of nitrogens with one attached hydrogen (secondary N) is 1. The first-order valence-electron chi connectivity index (χ1n) is 6.38. The Morgan fingerprint density at radius 2 is 2.05 bits per heavy atom. The Balaban J connectivity index is 2.58. The number of ether oxygens (including phenoxy) is 1. The zero-order valence-corrected chi connectivity index (χ0v) is 14.4. The number of benzene rings is 1. The van der Waals surface area contributed by atoms with Crippen LogP contribution in [0.4, 0.5) is 0 Å². The summed E-state index contributed by atoms with van der Waals surface area (Å²) in [5, 5.41) is 0. The lowest BCUT2D eigenvalue weighted by Crippen LogP contribution is -2.00. The highest BCUT2D eigenvalue weighted by atomic mass is 79.9. The van der Waals surface area contributed by atoms with Gasteiger partial charge in [-0.2, -0.15) is 0 Å². The molecular weight excluding hydrogens is 336 g/mol. The molecule has 0 bridgehead atoms. The lowest BCUT2D eigenvalue weighted by atomic mass is 10.1. The Kier molecular flexibility index (Phi) is 4.60. The highest BCUT2D eigenvalue weighted by molar-refractivity contribution is 9.10. The van der Waals surface area contributed by atoms with E-state index in [9.17, 15) is 0 Å². The van der Waals surface area contributed by atoms with Crippen LogP contribution in [0, 0.1) is 11.6 Å². The highest BCUT2D eigenvalue weighted by Crippen LogP contribution is 2.28. The van der Waals surface area contributed by atoms with Gasteiger partial charge in [-0.1, -0.05) is 26.1 Å². The Morgan fingerprint density at radius 1 is 1.35 bits per heavy atom. The number of aromatic nitrogens is 2. The molecule has 0 aliphatic rings. The van der Waals surface area contributed by atoms with Crippen LogP contribution in [-0.4, -0.2) is 17.1 Å². The van der Waals surface area contributed by atoms with E-state index >= 15 is 0 Å². The van der Waals surface area contributed by atoms with Gasteiger partial charge in [-0.3, -0.25) is 0 Å². The lowest BCUT2D eigenvalue weighted by Gasteiger charge is -2.12. The van der Waals surface area contributed by atoms with Gasteiger partial charge in [0.2, 0.25) is 0 Å². The molecule has 2 aromatic rings. The summed E-state index contributed by atoms with van der Waals surface area (Å²) in [6.07, 6.45) is 0. The molecule has 5 heteroatoms. The minimum atomic E-state index is 0.340. The zero-order valence-electron chi connectivity index (χ0n) is 12.0. The van der Waals surface area contributed by atoms with E-state index in [-0.39, 0.29) is 0 Å². The fourth-order valence-corrected chi connectivity index (χ4v) is 2.88. The summed E-state index contributed by atoms with van der Waals surface area (Å²) in [6.45, 7) is 6.25. The van der Waals surface area contributed by atoms with Crippen molar-refractivity contribution in [3.63, 3.8) is 0 Å². The normalized spacial score (nSPS) is 10.9. The fourth-order valence-electron chi connectivity index (χ4n) is 2.04. The van der Waals surface area contributed by atoms with Crippen LogP contribution in [0.1, 0.15) is 31.0 Å². The van der Waals surface area contributed by atoms with Crippen molar-refractivity contribution >= 4 is 28.1 Å². The Bertz CT molecular complexity index is 695. The average molecular weight is 353 g/mol. The maximum absolute atomic E-state index is 5.33. The monoisotopic (exact) mass is 352 g/mol. The first-order chi connectivity index (χ1) is 9.43.